The van der Waals surface area contributed by atoms with Crippen molar-refractivity contribution in [2.75, 3.05) is 37.0 Å². The molecule has 1 amide bonds. The van der Waals surface area contributed by atoms with E-state index in [1.54, 1.807) is 6.92 Å². The number of fused-ring (bicyclic) bond motifs is 1. The van der Waals surface area contributed by atoms with Gasteiger partial charge in [-0.05, 0) is 43.5 Å². The van der Waals surface area contributed by atoms with Gasteiger partial charge in [-0.2, -0.15) is 0 Å². The van der Waals surface area contributed by atoms with Crippen molar-refractivity contribution in [2.45, 2.75) is 44.7 Å². The summed E-state index contributed by atoms with van der Waals surface area (Å²) in [5.74, 6) is 0.971. The van der Waals surface area contributed by atoms with Gasteiger partial charge in [-0.25, -0.2) is 17.9 Å². The Morgan fingerprint density at radius 2 is 1.91 bits per heavy atom. The van der Waals surface area contributed by atoms with Crippen LogP contribution in [0.25, 0.3) is 0 Å². The lowest BCUT2D eigenvalue weighted by Crippen LogP contribution is -2.59. The lowest BCUT2D eigenvalue weighted by atomic mass is 9.83. The zero-order valence-electron chi connectivity index (χ0n) is 19.7. The fourth-order valence-corrected chi connectivity index (χ4v) is 5.91. The van der Waals surface area contributed by atoms with Crippen molar-refractivity contribution in [3.63, 3.8) is 0 Å². The third-order valence-corrected chi connectivity index (χ3v) is 7.88. The fourth-order valence-electron chi connectivity index (χ4n) is 4.60. The van der Waals surface area contributed by atoms with Crippen LogP contribution in [-0.4, -0.2) is 58.7 Å². The maximum Gasteiger partial charge on any atom is 0.407 e. The standard InChI is InChI=1S/C25H33N3O5S/c1-3-12-34(30,31)27-19-15-28(16-19)20-10-11-24-22(14-20)21(13-18-8-6-5-7-9-18)23(17-33-24)26-25(29)32-4-2/h5-11,14,19,21,23,27H,3-4,12-13,15-17H2,1-2H3,(H,26,29). The smallest absolute Gasteiger partial charge is 0.407 e. The van der Waals surface area contributed by atoms with Gasteiger partial charge in [0.2, 0.25) is 10.0 Å². The van der Waals surface area contributed by atoms with E-state index in [1.807, 2.05) is 37.3 Å². The second kappa shape index (κ2) is 10.7. The molecule has 9 heteroatoms. The van der Waals surface area contributed by atoms with Crippen molar-refractivity contribution < 1.29 is 22.7 Å². The summed E-state index contributed by atoms with van der Waals surface area (Å²) in [6, 6.07) is 16.0. The van der Waals surface area contributed by atoms with Gasteiger partial charge in [0.25, 0.3) is 0 Å². The molecule has 0 bridgehead atoms. The van der Waals surface area contributed by atoms with Crippen molar-refractivity contribution >= 4 is 21.8 Å². The van der Waals surface area contributed by atoms with E-state index in [9.17, 15) is 13.2 Å². The zero-order chi connectivity index (χ0) is 24.1. The van der Waals surface area contributed by atoms with Gasteiger partial charge in [0, 0.05) is 30.3 Å². The first kappa shape index (κ1) is 24.3. The number of carbonyl (C=O) groups excluding carboxylic acids is 1. The first-order chi connectivity index (χ1) is 16.4. The van der Waals surface area contributed by atoms with Gasteiger partial charge in [-0.3, -0.25) is 0 Å². The van der Waals surface area contributed by atoms with Crippen molar-refractivity contribution in [3.8, 4) is 5.75 Å². The number of benzene rings is 2. The quantitative estimate of drug-likeness (QED) is 0.564. The minimum Gasteiger partial charge on any atom is -0.491 e. The van der Waals surface area contributed by atoms with Crippen LogP contribution in [0.3, 0.4) is 0 Å². The highest BCUT2D eigenvalue weighted by molar-refractivity contribution is 7.89. The second-order valence-electron chi connectivity index (χ2n) is 8.84. The Labute approximate surface area is 201 Å². The first-order valence-corrected chi connectivity index (χ1v) is 13.5. The molecule has 2 N–H and O–H groups in total. The molecule has 2 aromatic rings. The molecule has 0 aliphatic carbocycles. The van der Waals surface area contributed by atoms with E-state index in [-0.39, 0.29) is 23.8 Å². The molecule has 8 nitrogen and oxygen atoms in total. The van der Waals surface area contributed by atoms with Crippen LogP contribution in [0.1, 0.15) is 37.3 Å². The number of nitrogens with one attached hydrogen (secondary N) is 2. The van der Waals surface area contributed by atoms with Crippen LogP contribution in [0.15, 0.2) is 48.5 Å². The van der Waals surface area contributed by atoms with E-state index in [1.165, 1.54) is 5.56 Å². The molecular formula is C25H33N3O5S. The molecule has 34 heavy (non-hydrogen) atoms. The largest absolute Gasteiger partial charge is 0.491 e. The van der Waals surface area contributed by atoms with Gasteiger partial charge in [0.05, 0.1) is 24.4 Å². The number of sulfonamides is 1. The number of anilines is 1. The molecule has 184 valence electrons. The van der Waals surface area contributed by atoms with Crippen molar-refractivity contribution in [3.05, 3.63) is 59.7 Å². The van der Waals surface area contributed by atoms with E-state index < -0.39 is 16.1 Å². The van der Waals surface area contributed by atoms with Crippen LogP contribution in [0.5, 0.6) is 5.75 Å². The average molecular weight is 488 g/mol. The second-order valence-corrected chi connectivity index (χ2v) is 10.7. The maximum atomic E-state index is 12.2. The van der Waals surface area contributed by atoms with Crippen LogP contribution < -0.4 is 19.7 Å². The van der Waals surface area contributed by atoms with Gasteiger partial charge >= 0.3 is 6.09 Å². The molecule has 2 aliphatic heterocycles. The summed E-state index contributed by atoms with van der Waals surface area (Å²) in [5.41, 5.74) is 3.23. The van der Waals surface area contributed by atoms with Crippen LogP contribution >= 0.6 is 0 Å². The summed E-state index contributed by atoms with van der Waals surface area (Å²) in [6.07, 6.45) is 0.899. The number of nitrogens with zero attached hydrogens (tertiary/aromatic N) is 1. The molecule has 2 atom stereocenters. The summed E-state index contributed by atoms with van der Waals surface area (Å²) >= 11 is 0. The molecule has 0 radical (unpaired) electrons. The minimum atomic E-state index is -3.23. The normalized spacial score (nSPS) is 20.1. The summed E-state index contributed by atoms with van der Waals surface area (Å²) in [4.78, 5) is 14.3. The SMILES string of the molecule is CCCS(=O)(=O)NC1CN(c2ccc3c(c2)C(Cc2ccccc2)C(NC(=O)OCC)CO3)C1. The summed E-state index contributed by atoms with van der Waals surface area (Å²) in [6.45, 7) is 5.56. The van der Waals surface area contributed by atoms with Crippen LogP contribution in [0.2, 0.25) is 0 Å². The van der Waals surface area contributed by atoms with Crippen LogP contribution in [0, 0.1) is 0 Å². The van der Waals surface area contributed by atoms with Crippen molar-refractivity contribution in [1.82, 2.24) is 10.0 Å². The molecule has 0 aromatic heterocycles. The predicted octanol–water partition coefficient (Wildman–Crippen LogP) is 3.04. The van der Waals surface area contributed by atoms with E-state index in [2.05, 4.69) is 33.1 Å². The van der Waals surface area contributed by atoms with Gasteiger partial charge in [0.15, 0.2) is 0 Å². The van der Waals surface area contributed by atoms with E-state index in [4.69, 9.17) is 9.47 Å². The molecular weight excluding hydrogens is 454 g/mol. The highest BCUT2D eigenvalue weighted by atomic mass is 32.2. The van der Waals surface area contributed by atoms with Gasteiger partial charge in [-0.1, -0.05) is 37.3 Å². The number of carbonyl (C=O) groups is 1. The first-order valence-electron chi connectivity index (χ1n) is 11.9. The Morgan fingerprint density at radius 3 is 2.62 bits per heavy atom. The molecule has 0 spiro atoms. The number of alkyl carbamates (subject to hydrolysis) is 1. The fraction of sp³-hybridized carbons (Fsp3) is 0.480. The van der Waals surface area contributed by atoms with E-state index >= 15 is 0 Å². The molecule has 2 aromatic carbocycles. The molecule has 0 saturated carbocycles. The molecule has 2 unspecified atom stereocenters. The summed E-state index contributed by atoms with van der Waals surface area (Å²) < 4.78 is 38.0. The molecule has 4 rings (SSSR count). The Hall–Kier alpha value is -2.78. The van der Waals surface area contributed by atoms with E-state index in [0.717, 1.165) is 23.4 Å². The third kappa shape index (κ3) is 5.82. The van der Waals surface area contributed by atoms with E-state index in [0.29, 0.717) is 32.7 Å². The maximum absolute atomic E-state index is 12.2. The Bertz CT molecular complexity index is 1090. The van der Waals surface area contributed by atoms with Gasteiger partial charge < -0.3 is 19.7 Å². The predicted molar refractivity (Wildman–Crippen MR) is 132 cm³/mol. The number of ether oxygens (including phenoxy) is 2. The monoisotopic (exact) mass is 487 g/mol. The summed E-state index contributed by atoms with van der Waals surface area (Å²) in [7, 11) is -3.23. The summed E-state index contributed by atoms with van der Waals surface area (Å²) in [5, 5.41) is 2.98. The Kier molecular flexibility index (Phi) is 7.63. The van der Waals surface area contributed by atoms with Gasteiger partial charge in [0.1, 0.15) is 12.4 Å². The highest BCUT2D eigenvalue weighted by Crippen LogP contribution is 2.39. The molecule has 2 heterocycles. The molecule has 1 saturated heterocycles. The lowest BCUT2D eigenvalue weighted by molar-refractivity contribution is 0.135. The Morgan fingerprint density at radius 1 is 1.15 bits per heavy atom. The molecule has 2 aliphatic rings. The number of hydrogen-bond acceptors (Lipinski definition) is 6. The van der Waals surface area contributed by atoms with Crippen LogP contribution in [0.4, 0.5) is 10.5 Å². The number of amides is 1. The lowest BCUT2D eigenvalue weighted by Gasteiger charge is -2.42. The minimum absolute atomic E-state index is 0.00985. The van der Waals surface area contributed by atoms with Crippen molar-refractivity contribution in [2.24, 2.45) is 0 Å². The number of hydrogen-bond donors (Lipinski definition) is 2. The van der Waals surface area contributed by atoms with Crippen molar-refractivity contribution in [1.29, 1.82) is 0 Å². The third-order valence-electron chi connectivity index (χ3n) is 6.24. The number of rotatable bonds is 9. The van der Waals surface area contributed by atoms with Gasteiger partial charge in [-0.15, -0.1) is 0 Å². The zero-order valence-corrected chi connectivity index (χ0v) is 20.5. The topological polar surface area (TPSA) is 97.0 Å². The van der Waals surface area contributed by atoms with Crippen LogP contribution in [-0.2, 0) is 21.2 Å². The molecule has 1 fully saturated rings. The highest BCUT2D eigenvalue weighted by Gasteiger charge is 2.35. The average Bonchev–Trinajstić information content (AvgIpc) is 2.78. The Balaban J connectivity index is 1.53.